The van der Waals surface area contributed by atoms with Crippen LogP contribution in [0.1, 0.15) is 43.2 Å². The minimum absolute atomic E-state index is 0.0000819. The monoisotopic (exact) mass is 434 g/mol. The van der Waals surface area contributed by atoms with Crippen molar-refractivity contribution in [3.63, 3.8) is 0 Å². The number of carbonyl (C=O) groups excluding carboxylic acids is 1. The summed E-state index contributed by atoms with van der Waals surface area (Å²) < 4.78 is 27.7. The number of amides is 1. The number of rotatable bonds is 9. The van der Waals surface area contributed by atoms with Gasteiger partial charge >= 0.3 is 0 Å². The number of aryl methyl sites for hydroxylation is 1. The predicted octanol–water partition coefficient (Wildman–Crippen LogP) is 3.85. The highest BCUT2D eigenvalue weighted by molar-refractivity contribution is 7.89. The molecule has 29 heavy (non-hydrogen) atoms. The normalized spacial score (nSPS) is 14.8. The van der Waals surface area contributed by atoms with Crippen molar-refractivity contribution in [1.29, 1.82) is 0 Å². The smallest absolute Gasteiger partial charge is 0.240 e. The summed E-state index contributed by atoms with van der Waals surface area (Å²) in [5.41, 5.74) is 2.07. The van der Waals surface area contributed by atoms with Gasteiger partial charge in [-0.1, -0.05) is 48.7 Å². The number of sulfonamides is 1. The highest BCUT2D eigenvalue weighted by Crippen LogP contribution is 2.20. The molecule has 0 heterocycles. The van der Waals surface area contributed by atoms with Crippen LogP contribution < -0.4 is 10.0 Å². The van der Waals surface area contributed by atoms with Crippen LogP contribution in [0.2, 0.25) is 5.02 Å². The van der Waals surface area contributed by atoms with Crippen molar-refractivity contribution < 1.29 is 13.2 Å². The average Bonchev–Trinajstić information content (AvgIpc) is 3.20. The van der Waals surface area contributed by atoms with Crippen molar-refractivity contribution in [2.75, 3.05) is 6.54 Å². The van der Waals surface area contributed by atoms with E-state index in [4.69, 9.17) is 11.6 Å². The molecule has 1 saturated carbocycles. The fourth-order valence-corrected chi connectivity index (χ4v) is 4.94. The lowest BCUT2D eigenvalue weighted by atomic mass is 10.1. The number of hydrogen-bond donors (Lipinski definition) is 2. The lowest BCUT2D eigenvalue weighted by Gasteiger charge is -2.13. The van der Waals surface area contributed by atoms with Crippen molar-refractivity contribution >= 4 is 27.5 Å². The minimum Gasteiger partial charge on any atom is -0.356 e. The molecule has 0 bridgehead atoms. The summed E-state index contributed by atoms with van der Waals surface area (Å²) in [6.07, 6.45) is 5.73. The summed E-state index contributed by atoms with van der Waals surface area (Å²) >= 11 is 5.86. The van der Waals surface area contributed by atoms with Gasteiger partial charge in [-0.25, -0.2) is 13.1 Å². The predicted molar refractivity (Wildman–Crippen MR) is 116 cm³/mol. The van der Waals surface area contributed by atoms with Crippen LogP contribution in [-0.4, -0.2) is 26.9 Å². The van der Waals surface area contributed by atoms with Gasteiger partial charge in [-0.05, 0) is 61.1 Å². The number of benzene rings is 2. The molecule has 1 fully saturated rings. The largest absolute Gasteiger partial charge is 0.356 e. The van der Waals surface area contributed by atoms with Crippen molar-refractivity contribution in [2.45, 2.75) is 55.9 Å². The third-order valence-corrected chi connectivity index (χ3v) is 6.99. The van der Waals surface area contributed by atoms with Crippen molar-refractivity contribution in [2.24, 2.45) is 0 Å². The maximum atomic E-state index is 12.4. The Hall–Kier alpha value is -1.89. The molecule has 1 amide bonds. The summed E-state index contributed by atoms with van der Waals surface area (Å²) in [6, 6.07) is 14.4. The number of halogens is 1. The van der Waals surface area contributed by atoms with Gasteiger partial charge in [-0.15, -0.1) is 0 Å². The van der Waals surface area contributed by atoms with E-state index in [0.29, 0.717) is 35.7 Å². The van der Waals surface area contributed by atoms with E-state index in [1.54, 1.807) is 12.1 Å². The zero-order valence-electron chi connectivity index (χ0n) is 16.4. The van der Waals surface area contributed by atoms with Gasteiger partial charge < -0.3 is 5.32 Å². The zero-order valence-corrected chi connectivity index (χ0v) is 17.9. The van der Waals surface area contributed by atoms with E-state index in [1.165, 1.54) is 0 Å². The molecule has 0 aliphatic heterocycles. The average molecular weight is 435 g/mol. The molecule has 0 saturated heterocycles. The molecule has 2 aromatic rings. The number of carbonyl (C=O) groups is 1. The molecule has 156 valence electrons. The first-order chi connectivity index (χ1) is 13.9. The summed E-state index contributed by atoms with van der Waals surface area (Å²) in [5.74, 6) is -0.0000819. The second-order valence-corrected chi connectivity index (χ2v) is 9.62. The van der Waals surface area contributed by atoms with E-state index in [2.05, 4.69) is 10.0 Å². The molecule has 3 rings (SSSR count). The molecule has 1 aliphatic carbocycles. The first kappa shape index (κ1) is 21.8. The van der Waals surface area contributed by atoms with E-state index >= 15 is 0 Å². The SMILES string of the molecule is O=C(CCc1ccc(Cl)cc1)NCCc1ccc(S(=O)(=O)NC2CCCC2)cc1. The molecule has 1 aliphatic rings. The first-order valence-corrected chi connectivity index (χ1v) is 11.9. The molecule has 0 radical (unpaired) electrons. The Balaban J connectivity index is 1.41. The summed E-state index contributed by atoms with van der Waals surface area (Å²) in [4.78, 5) is 12.3. The molecule has 2 aromatic carbocycles. The Labute approximate surface area is 177 Å². The van der Waals surface area contributed by atoms with Crippen molar-refractivity contribution in [3.8, 4) is 0 Å². The van der Waals surface area contributed by atoms with Crippen LogP contribution in [0.4, 0.5) is 0 Å². The Bertz CT molecular complexity index is 906. The van der Waals surface area contributed by atoms with E-state index in [9.17, 15) is 13.2 Å². The van der Waals surface area contributed by atoms with Gasteiger partial charge in [0.25, 0.3) is 0 Å². The van der Waals surface area contributed by atoms with Gasteiger partial charge in [0.2, 0.25) is 15.9 Å². The van der Waals surface area contributed by atoms with Crippen LogP contribution in [0.15, 0.2) is 53.4 Å². The van der Waals surface area contributed by atoms with E-state index in [1.807, 2.05) is 36.4 Å². The minimum atomic E-state index is -3.46. The van der Waals surface area contributed by atoms with E-state index in [-0.39, 0.29) is 11.9 Å². The van der Waals surface area contributed by atoms with Gasteiger partial charge in [0.1, 0.15) is 0 Å². The topological polar surface area (TPSA) is 75.3 Å². The van der Waals surface area contributed by atoms with Gasteiger partial charge in [0.05, 0.1) is 4.90 Å². The maximum absolute atomic E-state index is 12.4. The fourth-order valence-electron chi connectivity index (χ4n) is 3.51. The maximum Gasteiger partial charge on any atom is 0.240 e. The molecule has 7 heteroatoms. The van der Waals surface area contributed by atoms with Gasteiger partial charge in [-0.2, -0.15) is 0 Å². The summed E-state index contributed by atoms with van der Waals surface area (Å²) in [7, 11) is -3.46. The summed E-state index contributed by atoms with van der Waals surface area (Å²) in [6.45, 7) is 0.520. The third kappa shape index (κ3) is 6.84. The molecule has 0 atom stereocenters. The van der Waals surface area contributed by atoms with Gasteiger partial charge in [-0.3, -0.25) is 4.79 Å². The molecule has 2 N–H and O–H groups in total. The first-order valence-electron chi connectivity index (χ1n) is 10.0. The second-order valence-electron chi connectivity index (χ2n) is 7.47. The van der Waals surface area contributed by atoms with Crippen LogP contribution in [0, 0.1) is 0 Å². The second kappa shape index (κ2) is 10.2. The van der Waals surface area contributed by atoms with Crippen LogP contribution in [0.25, 0.3) is 0 Å². The van der Waals surface area contributed by atoms with Gasteiger partial charge in [0.15, 0.2) is 0 Å². The Morgan fingerprint density at radius 3 is 2.17 bits per heavy atom. The summed E-state index contributed by atoms with van der Waals surface area (Å²) in [5, 5.41) is 3.60. The molecular formula is C22H27ClN2O3S. The van der Waals surface area contributed by atoms with Crippen molar-refractivity contribution in [1.82, 2.24) is 10.0 Å². The molecule has 0 aromatic heterocycles. The van der Waals surface area contributed by atoms with Crippen LogP contribution in [0.3, 0.4) is 0 Å². The van der Waals surface area contributed by atoms with Crippen LogP contribution >= 0.6 is 11.6 Å². The van der Waals surface area contributed by atoms with Crippen LogP contribution in [-0.2, 0) is 27.7 Å². The third-order valence-electron chi connectivity index (χ3n) is 5.20. The Kier molecular flexibility index (Phi) is 7.70. The fraction of sp³-hybridized carbons (Fsp3) is 0.409. The Morgan fingerprint density at radius 2 is 1.52 bits per heavy atom. The van der Waals surface area contributed by atoms with Gasteiger partial charge in [0, 0.05) is 24.0 Å². The van der Waals surface area contributed by atoms with Crippen LogP contribution in [0.5, 0.6) is 0 Å². The standard InChI is InChI=1S/C22H27ClN2O3S/c23-19-10-5-17(6-11-19)9-14-22(26)24-16-15-18-7-12-21(13-8-18)29(27,28)25-20-3-1-2-4-20/h5-8,10-13,20,25H,1-4,9,14-16H2,(H,24,26). The number of hydrogen-bond acceptors (Lipinski definition) is 3. The molecule has 5 nitrogen and oxygen atoms in total. The quantitative estimate of drug-likeness (QED) is 0.629. The molecule has 0 unspecified atom stereocenters. The molecule has 0 spiro atoms. The highest BCUT2D eigenvalue weighted by Gasteiger charge is 2.22. The van der Waals surface area contributed by atoms with E-state index < -0.39 is 10.0 Å². The highest BCUT2D eigenvalue weighted by atomic mass is 35.5. The lowest BCUT2D eigenvalue weighted by Crippen LogP contribution is -2.32. The number of nitrogens with one attached hydrogen (secondary N) is 2. The molecular weight excluding hydrogens is 408 g/mol. The zero-order chi connectivity index (χ0) is 20.7. The van der Waals surface area contributed by atoms with E-state index in [0.717, 1.165) is 36.8 Å². The Morgan fingerprint density at radius 1 is 0.931 bits per heavy atom. The van der Waals surface area contributed by atoms with Crippen molar-refractivity contribution in [3.05, 3.63) is 64.7 Å². The lowest BCUT2D eigenvalue weighted by molar-refractivity contribution is -0.121.